The Hall–Kier alpha value is -6.64. The quantitative estimate of drug-likeness (QED) is 0.169. The SMILES string of the molecule is c1ccc(-c2ccc3c(c2)c2ccc(-c4ccccc4-c4cccc(N(c5ccccc5)c5ccccc5)c4)cc2n3-c2ccccc2)cc1. The lowest BCUT2D eigenvalue weighted by Gasteiger charge is -2.26. The molecule has 1 aromatic heterocycles. The van der Waals surface area contributed by atoms with E-state index in [1.807, 2.05) is 0 Å². The Morgan fingerprint density at radius 1 is 0.300 bits per heavy atom. The van der Waals surface area contributed by atoms with E-state index in [4.69, 9.17) is 0 Å². The molecule has 0 spiro atoms. The Labute approximate surface area is 292 Å². The van der Waals surface area contributed by atoms with Crippen LogP contribution in [0.4, 0.5) is 17.1 Å². The van der Waals surface area contributed by atoms with Crippen LogP contribution in [0.15, 0.2) is 206 Å². The minimum Gasteiger partial charge on any atom is -0.310 e. The third-order valence-electron chi connectivity index (χ3n) is 9.57. The smallest absolute Gasteiger partial charge is 0.0547 e. The monoisotopic (exact) mass is 638 g/mol. The van der Waals surface area contributed by atoms with Gasteiger partial charge in [0.25, 0.3) is 0 Å². The van der Waals surface area contributed by atoms with Crippen LogP contribution in [0.3, 0.4) is 0 Å². The third-order valence-corrected chi connectivity index (χ3v) is 9.57. The molecule has 2 heteroatoms. The first kappa shape index (κ1) is 29.5. The van der Waals surface area contributed by atoms with Gasteiger partial charge in [-0.3, -0.25) is 0 Å². The van der Waals surface area contributed by atoms with E-state index in [0.29, 0.717) is 0 Å². The number of rotatable bonds is 7. The first-order valence-corrected chi connectivity index (χ1v) is 17.1. The highest BCUT2D eigenvalue weighted by Gasteiger charge is 2.17. The van der Waals surface area contributed by atoms with Crippen molar-refractivity contribution in [2.75, 3.05) is 4.90 Å². The molecule has 0 saturated heterocycles. The number of para-hydroxylation sites is 3. The summed E-state index contributed by atoms with van der Waals surface area (Å²) in [6.45, 7) is 0. The molecule has 0 N–H and O–H groups in total. The van der Waals surface area contributed by atoms with E-state index in [2.05, 4.69) is 216 Å². The predicted octanol–water partition coefficient (Wildman–Crippen LogP) is 13.3. The summed E-state index contributed by atoms with van der Waals surface area (Å²) in [5, 5.41) is 2.49. The molecule has 0 aliphatic carbocycles. The maximum Gasteiger partial charge on any atom is 0.0547 e. The van der Waals surface area contributed by atoms with Crippen LogP contribution in [-0.2, 0) is 0 Å². The largest absolute Gasteiger partial charge is 0.310 e. The Bertz CT molecular complexity index is 2530. The van der Waals surface area contributed by atoms with Gasteiger partial charge in [-0.15, -0.1) is 0 Å². The van der Waals surface area contributed by atoms with Crippen molar-refractivity contribution in [2.45, 2.75) is 0 Å². The predicted molar refractivity (Wildman–Crippen MR) is 212 cm³/mol. The molecule has 0 unspecified atom stereocenters. The molecule has 0 amide bonds. The van der Waals surface area contributed by atoms with Gasteiger partial charge in [-0.05, 0) is 100 Å². The summed E-state index contributed by atoms with van der Waals surface area (Å²) in [7, 11) is 0. The molecule has 9 aromatic rings. The summed E-state index contributed by atoms with van der Waals surface area (Å²) in [6.07, 6.45) is 0. The highest BCUT2D eigenvalue weighted by molar-refractivity contribution is 6.11. The Kier molecular flexibility index (Phi) is 7.53. The van der Waals surface area contributed by atoms with E-state index >= 15 is 0 Å². The molecule has 0 fully saturated rings. The summed E-state index contributed by atoms with van der Waals surface area (Å²) in [5.41, 5.74) is 14.1. The number of benzene rings is 8. The number of hydrogen-bond donors (Lipinski definition) is 0. The minimum atomic E-state index is 1.11. The molecule has 2 nitrogen and oxygen atoms in total. The molecule has 0 bridgehead atoms. The fraction of sp³-hybridized carbons (Fsp3) is 0. The second-order valence-corrected chi connectivity index (χ2v) is 12.6. The lowest BCUT2D eigenvalue weighted by atomic mass is 9.93. The number of aromatic nitrogens is 1. The summed E-state index contributed by atoms with van der Waals surface area (Å²) < 4.78 is 2.41. The molecule has 0 saturated carbocycles. The van der Waals surface area contributed by atoms with Crippen LogP contribution < -0.4 is 4.90 Å². The molecule has 0 atom stereocenters. The molecule has 0 radical (unpaired) electrons. The molecule has 50 heavy (non-hydrogen) atoms. The highest BCUT2D eigenvalue weighted by Crippen LogP contribution is 2.41. The molecule has 9 rings (SSSR count). The van der Waals surface area contributed by atoms with Crippen LogP contribution in [0, 0.1) is 0 Å². The lowest BCUT2D eigenvalue weighted by molar-refractivity contribution is 1.18. The first-order valence-electron chi connectivity index (χ1n) is 17.1. The fourth-order valence-electron chi connectivity index (χ4n) is 7.25. The summed E-state index contributed by atoms with van der Waals surface area (Å²) in [6, 6.07) is 74.0. The van der Waals surface area contributed by atoms with Crippen LogP contribution in [0.5, 0.6) is 0 Å². The van der Waals surface area contributed by atoms with Crippen molar-refractivity contribution in [1.82, 2.24) is 4.57 Å². The maximum atomic E-state index is 2.41. The highest BCUT2D eigenvalue weighted by atomic mass is 15.1. The molecular weight excluding hydrogens is 605 g/mol. The maximum absolute atomic E-state index is 2.41. The Morgan fingerprint density at radius 3 is 1.48 bits per heavy atom. The molecular formula is C48H34N2. The van der Waals surface area contributed by atoms with Crippen molar-refractivity contribution >= 4 is 38.9 Å². The first-order chi connectivity index (χ1) is 24.8. The van der Waals surface area contributed by atoms with Gasteiger partial charge in [0, 0.05) is 33.5 Å². The summed E-state index contributed by atoms with van der Waals surface area (Å²) in [4.78, 5) is 2.32. The summed E-state index contributed by atoms with van der Waals surface area (Å²) >= 11 is 0. The number of fused-ring (bicyclic) bond motifs is 3. The average molecular weight is 639 g/mol. The van der Waals surface area contributed by atoms with Crippen molar-refractivity contribution in [3.63, 3.8) is 0 Å². The van der Waals surface area contributed by atoms with Gasteiger partial charge in [-0.2, -0.15) is 0 Å². The number of nitrogens with zero attached hydrogens (tertiary/aromatic N) is 2. The van der Waals surface area contributed by atoms with Gasteiger partial charge < -0.3 is 9.47 Å². The Morgan fingerprint density at radius 2 is 0.820 bits per heavy atom. The van der Waals surface area contributed by atoms with E-state index in [9.17, 15) is 0 Å². The summed E-state index contributed by atoms with van der Waals surface area (Å²) in [5.74, 6) is 0. The van der Waals surface area contributed by atoms with Crippen LogP contribution in [0.1, 0.15) is 0 Å². The molecule has 0 aliphatic heterocycles. The van der Waals surface area contributed by atoms with Crippen molar-refractivity contribution in [3.8, 4) is 39.1 Å². The fourth-order valence-corrected chi connectivity index (χ4v) is 7.25. The topological polar surface area (TPSA) is 8.17 Å². The van der Waals surface area contributed by atoms with Gasteiger partial charge >= 0.3 is 0 Å². The zero-order valence-corrected chi connectivity index (χ0v) is 27.5. The van der Waals surface area contributed by atoms with Gasteiger partial charge in [-0.25, -0.2) is 0 Å². The van der Waals surface area contributed by atoms with Crippen molar-refractivity contribution in [1.29, 1.82) is 0 Å². The average Bonchev–Trinajstić information content (AvgIpc) is 3.52. The zero-order valence-electron chi connectivity index (χ0n) is 27.5. The van der Waals surface area contributed by atoms with E-state index in [0.717, 1.165) is 22.7 Å². The van der Waals surface area contributed by atoms with Crippen LogP contribution in [0.25, 0.3) is 60.9 Å². The van der Waals surface area contributed by atoms with Gasteiger partial charge in [-0.1, -0.05) is 140 Å². The minimum absolute atomic E-state index is 1.11. The van der Waals surface area contributed by atoms with Crippen molar-refractivity contribution in [2.24, 2.45) is 0 Å². The van der Waals surface area contributed by atoms with Crippen LogP contribution in [0.2, 0.25) is 0 Å². The van der Waals surface area contributed by atoms with Gasteiger partial charge in [0.1, 0.15) is 0 Å². The molecule has 8 aromatic carbocycles. The molecule has 236 valence electrons. The molecule has 0 aliphatic rings. The van der Waals surface area contributed by atoms with E-state index in [1.54, 1.807) is 0 Å². The van der Waals surface area contributed by atoms with Gasteiger partial charge in [0.05, 0.1) is 11.0 Å². The van der Waals surface area contributed by atoms with Gasteiger partial charge in [0.15, 0.2) is 0 Å². The second-order valence-electron chi connectivity index (χ2n) is 12.6. The number of anilines is 3. The zero-order chi connectivity index (χ0) is 33.3. The normalized spacial score (nSPS) is 11.2. The third kappa shape index (κ3) is 5.34. The standard InChI is InChI=1S/C48H34N2/c1-5-16-35(17-6-1)36-29-31-47-46(33-36)45-30-28-38(34-48(45)50(47)41-23-11-4-12-24-41)44-27-14-13-26-43(44)37-18-15-25-42(32-37)49(39-19-7-2-8-20-39)40-21-9-3-10-22-40/h1-34H. The van der Waals surface area contributed by atoms with Crippen LogP contribution in [-0.4, -0.2) is 4.57 Å². The Balaban J connectivity index is 1.20. The van der Waals surface area contributed by atoms with Gasteiger partial charge in [0.2, 0.25) is 0 Å². The van der Waals surface area contributed by atoms with E-state index in [1.165, 1.54) is 55.2 Å². The van der Waals surface area contributed by atoms with Crippen molar-refractivity contribution in [3.05, 3.63) is 206 Å². The van der Waals surface area contributed by atoms with Crippen LogP contribution >= 0.6 is 0 Å². The van der Waals surface area contributed by atoms with E-state index < -0.39 is 0 Å². The molecule has 1 heterocycles. The lowest BCUT2D eigenvalue weighted by Crippen LogP contribution is -2.09. The van der Waals surface area contributed by atoms with Crippen molar-refractivity contribution < 1.29 is 0 Å². The number of hydrogen-bond acceptors (Lipinski definition) is 1. The van der Waals surface area contributed by atoms with E-state index in [-0.39, 0.29) is 0 Å². The second kappa shape index (κ2) is 12.8.